The molecular weight excluding hydrogens is 414 g/mol. The summed E-state index contributed by atoms with van der Waals surface area (Å²) in [6.45, 7) is 4.54. The van der Waals surface area contributed by atoms with E-state index in [1.807, 2.05) is 44.2 Å². The first-order valence-corrected chi connectivity index (χ1v) is 11.1. The first-order chi connectivity index (χ1) is 14.9. The number of hydrogen-bond donors (Lipinski definition) is 1. The van der Waals surface area contributed by atoms with Gasteiger partial charge in [-0.15, -0.1) is 0 Å². The van der Waals surface area contributed by atoms with E-state index >= 15 is 0 Å². The van der Waals surface area contributed by atoms with E-state index in [1.54, 1.807) is 6.07 Å². The SMILES string of the molecule is Cc1cccc(N2C(=O)[C@@H]3[C@@H]4CCCN4[C@]4(C(=O)Nc5c(Cl)cc(C)cc54)[C@H]3C2=O)c1. The quantitative estimate of drug-likeness (QED) is 0.697. The molecule has 3 fully saturated rings. The minimum atomic E-state index is -1.19. The van der Waals surface area contributed by atoms with Crippen molar-refractivity contribution in [2.75, 3.05) is 16.8 Å². The van der Waals surface area contributed by atoms with Crippen LogP contribution >= 0.6 is 11.6 Å². The number of imide groups is 1. The monoisotopic (exact) mass is 435 g/mol. The third kappa shape index (κ3) is 2.19. The highest BCUT2D eigenvalue weighted by Crippen LogP contribution is 2.61. The highest BCUT2D eigenvalue weighted by atomic mass is 35.5. The molecule has 4 aliphatic heterocycles. The number of benzene rings is 2. The molecule has 1 N–H and O–H groups in total. The van der Waals surface area contributed by atoms with Crippen molar-refractivity contribution in [3.63, 3.8) is 0 Å². The third-order valence-electron chi connectivity index (χ3n) is 7.46. The Balaban J connectivity index is 1.58. The lowest BCUT2D eigenvalue weighted by atomic mass is 9.75. The molecule has 0 radical (unpaired) electrons. The van der Waals surface area contributed by atoms with Gasteiger partial charge in [0, 0.05) is 11.6 Å². The predicted molar refractivity (Wildman–Crippen MR) is 117 cm³/mol. The molecule has 2 aromatic rings. The summed E-state index contributed by atoms with van der Waals surface area (Å²) in [5.74, 6) is -2.04. The summed E-state index contributed by atoms with van der Waals surface area (Å²) in [6, 6.07) is 11.0. The van der Waals surface area contributed by atoms with Gasteiger partial charge in [-0.1, -0.05) is 29.8 Å². The highest BCUT2D eigenvalue weighted by molar-refractivity contribution is 6.35. The molecule has 7 heteroatoms. The normalized spacial score (nSPS) is 31.4. The number of aryl methyl sites for hydroxylation is 2. The zero-order chi connectivity index (χ0) is 21.7. The minimum absolute atomic E-state index is 0.132. The van der Waals surface area contributed by atoms with Crippen molar-refractivity contribution in [2.45, 2.75) is 38.3 Å². The Labute approximate surface area is 185 Å². The van der Waals surface area contributed by atoms with Gasteiger partial charge in [-0.3, -0.25) is 19.3 Å². The average molecular weight is 436 g/mol. The van der Waals surface area contributed by atoms with Crippen LogP contribution in [0.4, 0.5) is 11.4 Å². The Morgan fingerprint density at radius 2 is 1.87 bits per heavy atom. The number of anilines is 2. The van der Waals surface area contributed by atoms with Crippen LogP contribution in [0.1, 0.15) is 29.5 Å². The molecule has 0 unspecified atom stereocenters. The second-order valence-electron chi connectivity index (χ2n) is 9.15. The van der Waals surface area contributed by atoms with E-state index < -0.39 is 17.4 Å². The van der Waals surface area contributed by atoms with E-state index in [2.05, 4.69) is 10.2 Å². The van der Waals surface area contributed by atoms with Gasteiger partial charge in [0.05, 0.1) is 28.2 Å². The van der Waals surface area contributed by atoms with Crippen LogP contribution in [0.5, 0.6) is 0 Å². The van der Waals surface area contributed by atoms with Crippen LogP contribution in [0.15, 0.2) is 36.4 Å². The Bertz CT molecular complexity index is 1190. The number of fused-ring (bicyclic) bond motifs is 7. The van der Waals surface area contributed by atoms with Gasteiger partial charge in [0.1, 0.15) is 5.54 Å². The zero-order valence-electron chi connectivity index (χ0n) is 17.3. The van der Waals surface area contributed by atoms with E-state index in [9.17, 15) is 14.4 Å². The van der Waals surface area contributed by atoms with Gasteiger partial charge in [-0.05, 0) is 62.6 Å². The highest BCUT2D eigenvalue weighted by Gasteiger charge is 2.74. The summed E-state index contributed by atoms with van der Waals surface area (Å²) in [5.41, 5.74) is 2.57. The maximum atomic E-state index is 13.9. The number of rotatable bonds is 1. The Kier molecular flexibility index (Phi) is 3.79. The number of carbonyl (C=O) groups is 3. The van der Waals surface area contributed by atoms with Crippen molar-refractivity contribution in [3.05, 3.63) is 58.1 Å². The van der Waals surface area contributed by atoms with Crippen molar-refractivity contribution in [2.24, 2.45) is 11.8 Å². The lowest BCUT2D eigenvalue weighted by Crippen LogP contribution is -2.54. The molecule has 6 nitrogen and oxygen atoms in total. The van der Waals surface area contributed by atoms with Gasteiger partial charge in [0.2, 0.25) is 11.8 Å². The Morgan fingerprint density at radius 1 is 1.06 bits per heavy atom. The number of amides is 3. The molecule has 1 spiro atoms. The molecule has 31 heavy (non-hydrogen) atoms. The molecule has 3 saturated heterocycles. The van der Waals surface area contributed by atoms with Crippen LogP contribution in [0.25, 0.3) is 0 Å². The van der Waals surface area contributed by atoms with Crippen LogP contribution in [0.3, 0.4) is 0 Å². The molecule has 4 heterocycles. The van der Waals surface area contributed by atoms with Crippen molar-refractivity contribution in [1.29, 1.82) is 0 Å². The topological polar surface area (TPSA) is 69.7 Å². The standard InChI is InChI=1S/C24H22ClN3O3/c1-12-5-3-6-14(9-12)28-21(29)18-17-7-4-8-27(17)24(19(18)22(28)30)15-10-13(2)11-16(25)20(15)26-23(24)31/h3,5-6,9-11,17-19H,4,7-8H2,1-2H3,(H,26,31)/t17-,18+,19+,24-/m0/s1. The Hall–Kier alpha value is -2.70. The molecule has 0 saturated carbocycles. The van der Waals surface area contributed by atoms with Crippen molar-refractivity contribution >= 4 is 40.7 Å². The molecular formula is C24H22ClN3O3. The van der Waals surface area contributed by atoms with Crippen LogP contribution < -0.4 is 10.2 Å². The van der Waals surface area contributed by atoms with Crippen molar-refractivity contribution < 1.29 is 14.4 Å². The number of halogens is 1. The fourth-order valence-electron chi connectivity index (χ4n) is 6.42. The Morgan fingerprint density at radius 3 is 2.65 bits per heavy atom. The molecule has 0 aromatic heterocycles. The summed E-state index contributed by atoms with van der Waals surface area (Å²) in [4.78, 5) is 44.6. The van der Waals surface area contributed by atoms with Gasteiger partial charge in [0.25, 0.3) is 5.91 Å². The maximum Gasteiger partial charge on any atom is 0.250 e. The van der Waals surface area contributed by atoms with Gasteiger partial charge < -0.3 is 5.32 Å². The van der Waals surface area contributed by atoms with Crippen molar-refractivity contribution in [3.8, 4) is 0 Å². The molecule has 0 bridgehead atoms. The summed E-state index contributed by atoms with van der Waals surface area (Å²) >= 11 is 6.50. The molecule has 4 atom stereocenters. The number of carbonyl (C=O) groups excluding carboxylic acids is 3. The van der Waals surface area contributed by atoms with Crippen LogP contribution in [-0.2, 0) is 19.9 Å². The van der Waals surface area contributed by atoms with E-state index in [-0.39, 0.29) is 23.8 Å². The van der Waals surface area contributed by atoms with Gasteiger partial charge in [-0.25, -0.2) is 4.90 Å². The fourth-order valence-corrected chi connectivity index (χ4v) is 6.74. The number of hydrogen-bond acceptors (Lipinski definition) is 4. The smallest absolute Gasteiger partial charge is 0.250 e. The molecule has 0 aliphatic carbocycles. The lowest BCUT2D eigenvalue weighted by Gasteiger charge is -2.36. The molecule has 6 rings (SSSR count). The van der Waals surface area contributed by atoms with E-state index in [4.69, 9.17) is 11.6 Å². The average Bonchev–Trinajstić information content (AvgIpc) is 3.41. The van der Waals surface area contributed by atoms with Crippen LogP contribution in [0.2, 0.25) is 5.02 Å². The van der Waals surface area contributed by atoms with Crippen LogP contribution in [-0.4, -0.2) is 35.2 Å². The molecule has 158 valence electrons. The van der Waals surface area contributed by atoms with E-state index in [0.29, 0.717) is 22.9 Å². The summed E-state index contributed by atoms with van der Waals surface area (Å²) < 4.78 is 0. The van der Waals surface area contributed by atoms with Gasteiger partial charge in [0.15, 0.2) is 0 Å². The van der Waals surface area contributed by atoms with Crippen LogP contribution in [0, 0.1) is 25.7 Å². The van der Waals surface area contributed by atoms with Gasteiger partial charge >= 0.3 is 0 Å². The van der Waals surface area contributed by atoms with Gasteiger partial charge in [-0.2, -0.15) is 0 Å². The molecule has 3 amide bonds. The number of nitrogens with one attached hydrogen (secondary N) is 1. The maximum absolute atomic E-state index is 13.9. The van der Waals surface area contributed by atoms with E-state index in [0.717, 1.165) is 29.5 Å². The molecule has 4 aliphatic rings. The van der Waals surface area contributed by atoms with Crippen molar-refractivity contribution in [1.82, 2.24) is 4.90 Å². The van der Waals surface area contributed by atoms with E-state index in [1.165, 1.54) is 4.90 Å². The second kappa shape index (κ2) is 6.17. The molecule has 2 aromatic carbocycles. The predicted octanol–water partition coefficient (Wildman–Crippen LogP) is 3.39. The summed E-state index contributed by atoms with van der Waals surface area (Å²) in [7, 11) is 0. The largest absolute Gasteiger partial charge is 0.323 e. The fraction of sp³-hybridized carbons (Fsp3) is 0.375. The first-order valence-electron chi connectivity index (χ1n) is 10.7. The lowest BCUT2D eigenvalue weighted by molar-refractivity contribution is -0.135. The number of nitrogens with zero attached hydrogens (tertiary/aromatic N) is 2. The second-order valence-corrected chi connectivity index (χ2v) is 9.55. The zero-order valence-corrected chi connectivity index (χ0v) is 18.1. The third-order valence-corrected chi connectivity index (χ3v) is 7.76. The minimum Gasteiger partial charge on any atom is -0.323 e. The first kappa shape index (κ1) is 19.0. The summed E-state index contributed by atoms with van der Waals surface area (Å²) in [6.07, 6.45) is 1.69. The summed E-state index contributed by atoms with van der Waals surface area (Å²) in [5, 5.41) is 3.42.